The number of thiazole rings is 1. The summed E-state index contributed by atoms with van der Waals surface area (Å²) < 4.78 is 0. The number of halogens is 1. The molecule has 3 atom stereocenters. The van der Waals surface area contributed by atoms with E-state index in [1.165, 1.54) is 16.7 Å². The number of carbonyl (C=O) groups excluding carboxylic acids is 2. The number of nitrogens with one attached hydrogen (secondary N) is 1. The second kappa shape index (κ2) is 6.58. The fourth-order valence-electron chi connectivity index (χ4n) is 3.78. The average molecular weight is 430 g/mol. The van der Waals surface area contributed by atoms with Gasteiger partial charge in [-0.3, -0.25) is 19.4 Å². The Morgan fingerprint density at radius 2 is 1.86 bits per heavy atom. The maximum atomic E-state index is 13.4. The van der Waals surface area contributed by atoms with Crippen molar-refractivity contribution in [2.24, 2.45) is 5.92 Å². The Labute approximate surface area is 172 Å². The molecule has 2 amide bonds. The standard InChI is InChI=1S/C19H12ClN3O3S2/c20-10-3-5-11(6-4-10)23-17(24)13-12(9-2-1-7-21-8-9)14-16(22-19(26)28-14)27-15(13)18(23)25/h1-8,12-13,15H,(H,22,26)/t12-,13?,15?/m1/s1. The minimum atomic E-state index is -0.605. The van der Waals surface area contributed by atoms with Crippen LogP contribution in [0.4, 0.5) is 5.69 Å². The van der Waals surface area contributed by atoms with Crippen LogP contribution in [0, 0.1) is 5.92 Å². The molecule has 2 unspecified atom stereocenters. The molecule has 4 heterocycles. The first kappa shape index (κ1) is 17.7. The molecule has 28 heavy (non-hydrogen) atoms. The number of aromatic nitrogens is 2. The predicted molar refractivity (Wildman–Crippen MR) is 108 cm³/mol. The maximum absolute atomic E-state index is 13.4. The summed E-state index contributed by atoms with van der Waals surface area (Å²) in [6.45, 7) is 0. The molecule has 0 spiro atoms. The Kier molecular flexibility index (Phi) is 4.15. The van der Waals surface area contributed by atoms with Crippen LogP contribution in [0.3, 0.4) is 0 Å². The third kappa shape index (κ3) is 2.63. The van der Waals surface area contributed by atoms with E-state index in [2.05, 4.69) is 9.97 Å². The van der Waals surface area contributed by atoms with E-state index >= 15 is 0 Å². The lowest BCUT2D eigenvalue weighted by Gasteiger charge is -2.29. The zero-order valence-electron chi connectivity index (χ0n) is 14.2. The molecule has 2 aromatic heterocycles. The molecule has 1 N–H and O–H groups in total. The molecule has 1 fully saturated rings. The van der Waals surface area contributed by atoms with Crippen LogP contribution in [0.25, 0.3) is 0 Å². The van der Waals surface area contributed by atoms with E-state index in [0.717, 1.165) is 21.8 Å². The van der Waals surface area contributed by atoms with Gasteiger partial charge in [0.05, 0.1) is 16.6 Å². The Bertz CT molecular complexity index is 1140. The van der Waals surface area contributed by atoms with Crippen LogP contribution in [0.1, 0.15) is 16.4 Å². The SMILES string of the molecule is O=C1C2Sc3[nH]c(=O)sc3[C@H](c3cccnc3)C2C(=O)N1c1ccc(Cl)cc1. The van der Waals surface area contributed by atoms with Crippen molar-refractivity contribution in [2.45, 2.75) is 16.2 Å². The number of anilines is 1. The van der Waals surface area contributed by atoms with Crippen LogP contribution in [0.5, 0.6) is 0 Å². The number of benzene rings is 1. The number of pyridine rings is 1. The molecular weight excluding hydrogens is 418 g/mol. The molecule has 0 saturated carbocycles. The smallest absolute Gasteiger partial charge is 0.305 e. The topological polar surface area (TPSA) is 83.1 Å². The van der Waals surface area contributed by atoms with Gasteiger partial charge in [-0.05, 0) is 35.9 Å². The van der Waals surface area contributed by atoms with Gasteiger partial charge in [0.2, 0.25) is 11.8 Å². The maximum Gasteiger partial charge on any atom is 0.305 e. The lowest BCUT2D eigenvalue weighted by Crippen LogP contribution is -2.32. The summed E-state index contributed by atoms with van der Waals surface area (Å²) in [4.78, 5) is 47.3. The fourth-order valence-corrected chi connectivity index (χ4v) is 6.42. The molecule has 1 saturated heterocycles. The highest BCUT2D eigenvalue weighted by Crippen LogP contribution is 2.52. The Morgan fingerprint density at radius 3 is 2.57 bits per heavy atom. The molecule has 140 valence electrons. The second-order valence-electron chi connectivity index (χ2n) is 6.52. The largest absolute Gasteiger partial charge is 0.307 e. The summed E-state index contributed by atoms with van der Waals surface area (Å²) in [7, 11) is 0. The van der Waals surface area contributed by atoms with Gasteiger partial charge in [-0.2, -0.15) is 0 Å². The van der Waals surface area contributed by atoms with Crippen LogP contribution >= 0.6 is 34.7 Å². The van der Waals surface area contributed by atoms with E-state index in [4.69, 9.17) is 11.6 Å². The van der Waals surface area contributed by atoms with E-state index in [-0.39, 0.29) is 16.7 Å². The molecule has 5 rings (SSSR count). The first-order chi connectivity index (χ1) is 13.5. The summed E-state index contributed by atoms with van der Waals surface area (Å²) in [5, 5.41) is 0.581. The molecule has 0 radical (unpaired) electrons. The van der Waals surface area contributed by atoms with Crippen molar-refractivity contribution in [2.75, 3.05) is 4.90 Å². The number of H-pyrrole nitrogens is 1. The number of amides is 2. The second-order valence-corrected chi connectivity index (χ2v) is 9.13. The van der Waals surface area contributed by atoms with E-state index in [9.17, 15) is 14.4 Å². The van der Waals surface area contributed by atoms with Crippen LogP contribution in [-0.4, -0.2) is 27.0 Å². The zero-order valence-corrected chi connectivity index (χ0v) is 16.6. The van der Waals surface area contributed by atoms with Gasteiger partial charge in [-0.1, -0.05) is 40.8 Å². The van der Waals surface area contributed by atoms with Gasteiger partial charge in [-0.15, -0.1) is 0 Å². The van der Waals surface area contributed by atoms with Crippen molar-refractivity contribution in [3.8, 4) is 0 Å². The summed E-state index contributed by atoms with van der Waals surface area (Å²) in [5.41, 5.74) is 1.31. The number of imide groups is 1. The van der Waals surface area contributed by atoms with Gasteiger partial charge >= 0.3 is 4.87 Å². The summed E-state index contributed by atoms with van der Waals surface area (Å²) in [5.74, 6) is -1.55. The van der Waals surface area contributed by atoms with E-state index in [0.29, 0.717) is 15.7 Å². The summed E-state index contributed by atoms with van der Waals surface area (Å²) in [6.07, 6.45) is 3.34. The molecule has 2 aliphatic rings. The molecule has 0 bridgehead atoms. The Morgan fingerprint density at radius 1 is 1.07 bits per heavy atom. The van der Waals surface area contributed by atoms with Gasteiger partial charge in [-0.25, -0.2) is 4.90 Å². The van der Waals surface area contributed by atoms with E-state index < -0.39 is 17.1 Å². The van der Waals surface area contributed by atoms with Gasteiger partial charge in [0, 0.05) is 28.2 Å². The lowest BCUT2D eigenvalue weighted by molar-refractivity contribution is -0.122. The monoisotopic (exact) mass is 429 g/mol. The summed E-state index contributed by atoms with van der Waals surface area (Å²) in [6, 6.07) is 10.3. The lowest BCUT2D eigenvalue weighted by atomic mass is 9.84. The summed E-state index contributed by atoms with van der Waals surface area (Å²) >= 11 is 8.29. The van der Waals surface area contributed by atoms with Crippen molar-refractivity contribution < 1.29 is 9.59 Å². The van der Waals surface area contributed by atoms with Crippen molar-refractivity contribution >= 4 is 52.2 Å². The van der Waals surface area contributed by atoms with Gasteiger partial charge in [0.1, 0.15) is 5.25 Å². The highest BCUT2D eigenvalue weighted by Gasteiger charge is 2.56. The Hall–Kier alpha value is -2.42. The number of rotatable bonds is 2. The molecule has 1 aromatic carbocycles. The third-order valence-corrected chi connectivity index (χ3v) is 7.61. The Balaban J connectivity index is 1.65. The number of nitrogens with zero attached hydrogens (tertiary/aromatic N) is 2. The van der Waals surface area contributed by atoms with Crippen molar-refractivity contribution in [1.29, 1.82) is 0 Å². The number of aromatic amines is 1. The normalized spacial score (nSPS) is 23.6. The molecular formula is C19H12ClN3O3S2. The van der Waals surface area contributed by atoms with Gasteiger partial charge < -0.3 is 4.98 Å². The predicted octanol–water partition coefficient (Wildman–Crippen LogP) is 3.28. The third-order valence-electron chi connectivity index (χ3n) is 4.95. The van der Waals surface area contributed by atoms with Gasteiger partial charge in [0.15, 0.2) is 0 Å². The highest BCUT2D eigenvalue weighted by molar-refractivity contribution is 8.00. The van der Waals surface area contributed by atoms with Crippen molar-refractivity contribution in [3.63, 3.8) is 0 Å². The van der Waals surface area contributed by atoms with E-state index in [1.807, 2.05) is 6.07 Å². The molecule has 2 aliphatic heterocycles. The number of hydrogen-bond acceptors (Lipinski definition) is 6. The number of hydrogen-bond donors (Lipinski definition) is 1. The quantitative estimate of drug-likeness (QED) is 0.632. The minimum absolute atomic E-state index is 0.194. The van der Waals surface area contributed by atoms with Crippen molar-refractivity contribution in [1.82, 2.24) is 9.97 Å². The first-order valence-electron chi connectivity index (χ1n) is 8.47. The van der Waals surface area contributed by atoms with E-state index in [1.54, 1.807) is 42.7 Å². The zero-order chi connectivity index (χ0) is 19.4. The number of thioether (sulfide) groups is 1. The van der Waals surface area contributed by atoms with Crippen molar-refractivity contribution in [3.05, 3.63) is 73.9 Å². The fraction of sp³-hybridized carbons (Fsp3) is 0.158. The molecule has 3 aromatic rings. The van der Waals surface area contributed by atoms with Crippen LogP contribution in [-0.2, 0) is 9.59 Å². The minimum Gasteiger partial charge on any atom is -0.307 e. The van der Waals surface area contributed by atoms with Gasteiger partial charge in [0.25, 0.3) is 0 Å². The van der Waals surface area contributed by atoms with Crippen LogP contribution < -0.4 is 9.77 Å². The molecule has 9 heteroatoms. The number of fused-ring (bicyclic) bond motifs is 2. The van der Waals surface area contributed by atoms with Crippen LogP contribution in [0.2, 0.25) is 5.02 Å². The molecule has 6 nitrogen and oxygen atoms in total. The first-order valence-corrected chi connectivity index (χ1v) is 10.5. The highest BCUT2D eigenvalue weighted by atomic mass is 35.5. The molecule has 0 aliphatic carbocycles. The average Bonchev–Trinajstić information content (AvgIpc) is 3.18. The number of carbonyl (C=O) groups is 2. The van der Waals surface area contributed by atoms with Crippen LogP contribution in [0.15, 0.2) is 58.6 Å².